The van der Waals surface area contributed by atoms with Crippen LogP contribution < -0.4 is 0 Å². The van der Waals surface area contributed by atoms with Gasteiger partial charge in [-0.3, -0.25) is 4.79 Å². The standard InChI is InChI=1S/C20H27NOS/c1-15(2)6-5-13-21(4)14-19-11-12-20(23-19)18-9-7-17(8-10-18)16(3)22/h7-12,15H,5-6,13-14H2,1-4H3. The van der Waals surface area contributed by atoms with Crippen LogP contribution in [0.3, 0.4) is 0 Å². The molecule has 0 amide bonds. The summed E-state index contributed by atoms with van der Waals surface area (Å²) >= 11 is 1.84. The molecule has 0 saturated carbocycles. The van der Waals surface area contributed by atoms with E-state index in [0.717, 1.165) is 24.6 Å². The molecule has 0 radical (unpaired) electrons. The van der Waals surface area contributed by atoms with E-state index in [0.29, 0.717) is 0 Å². The largest absolute Gasteiger partial charge is 0.301 e. The number of rotatable bonds is 8. The van der Waals surface area contributed by atoms with E-state index in [9.17, 15) is 4.79 Å². The van der Waals surface area contributed by atoms with Crippen molar-refractivity contribution in [2.75, 3.05) is 13.6 Å². The second-order valence-corrected chi connectivity index (χ2v) is 7.84. The Kier molecular flexibility index (Phi) is 6.55. The van der Waals surface area contributed by atoms with Crippen molar-refractivity contribution in [1.82, 2.24) is 4.90 Å². The van der Waals surface area contributed by atoms with Crippen LogP contribution >= 0.6 is 11.3 Å². The van der Waals surface area contributed by atoms with Crippen LogP contribution in [0.4, 0.5) is 0 Å². The van der Waals surface area contributed by atoms with Gasteiger partial charge < -0.3 is 4.90 Å². The molecule has 0 unspecified atom stereocenters. The van der Waals surface area contributed by atoms with Gasteiger partial charge in [-0.25, -0.2) is 0 Å². The number of benzene rings is 1. The highest BCUT2D eigenvalue weighted by Crippen LogP contribution is 2.29. The first kappa shape index (κ1) is 17.9. The molecule has 0 N–H and O–H groups in total. The van der Waals surface area contributed by atoms with Gasteiger partial charge in [-0.05, 0) is 57.0 Å². The first-order valence-corrected chi connectivity index (χ1v) is 9.16. The lowest BCUT2D eigenvalue weighted by Crippen LogP contribution is -2.18. The van der Waals surface area contributed by atoms with E-state index in [4.69, 9.17) is 0 Å². The Bertz CT molecular complexity index is 627. The maximum Gasteiger partial charge on any atom is 0.159 e. The van der Waals surface area contributed by atoms with E-state index in [1.807, 2.05) is 35.6 Å². The van der Waals surface area contributed by atoms with E-state index in [-0.39, 0.29) is 5.78 Å². The van der Waals surface area contributed by atoms with E-state index in [1.54, 1.807) is 6.92 Å². The minimum absolute atomic E-state index is 0.117. The number of nitrogens with zero attached hydrogens (tertiary/aromatic N) is 1. The maximum atomic E-state index is 11.3. The molecular formula is C20H27NOS. The van der Waals surface area contributed by atoms with Crippen LogP contribution in [0.2, 0.25) is 0 Å². The van der Waals surface area contributed by atoms with Crippen molar-refractivity contribution in [1.29, 1.82) is 0 Å². The van der Waals surface area contributed by atoms with Crippen molar-refractivity contribution in [3.8, 4) is 10.4 Å². The van der Waals surface area contributed by atoms with Gasteiger partial charge in [0.05, 0.1) is 0 Å². The van der Waals surface area contributed by atoms with Gasteiger partial charge in [0.25, 0.3) is 0 Å². The molecule has 23 heavy (non-hydrogen) atoms. The Hall–Kier alpha value is -1.45. The number of thiophene rings is 1. The second-order valence-electron chi connectivity index (χ2n) is 6.67. The molecule has 2 nitrogen and oxygen atoms in total. The van der Waals surface area contributed by atoms with Crippen LogP contribution in [0.25, 0.3) is 10.4 Å². The summed E-state index contributed by atoms with van der Waals surface area (Å²) < 4.78 is 0. The van der Waals surface area contributed by atoms with E-state index in [2.05, 4.69) is 37.9 Å². The third-order valence-corrected chi connectivity index (χ3v) is 5.10. The summed E-state index contributed by atoms with van der Waals surface area (Å²) in [5.41, 5.74) is 1.96. The average molecular weight is 330 g/mol. The van der Waals surface area contributed by atoms with Gasteiger partial charge >= 0.3 is 0 Å². The zero-order valence-corrected chi connectivity index (χ0v) is 15.5. The lowest BCUT2D eigenvalue weighted by molar-refractivity contribution is 0.101. The van der Waals surface area contributed by atoms with Crippen LogP contribution in [-0.2, 0) is 6.54 Å². The molecule has 1 aromatic heterocycles. The lowest BCUT2D eigenvalue weighted by Gasteiger charge is -2.16. The summed E-state index contributed by atoms with van der Waals surface area (Å²) in [5, 5.41) is 0. The van der Waals surface area contributed by atoms with E-state index >= 15 is 0 Å². The third-order valence-electron chi connectivity index (χ3n) is 3.98. The quantitative estimate of drug-likeness (QED) is 0.597. The Morgan fingerprint density at radius 1 is 1.13 bits per heavy atom. The SMILES string of the molecule is CC(=O)c1ccc(-c2ccc(CN(C)CCCC(C)C)s2)cc1. The van der Waals surface area contributed by atoms with Crippen LogP contribution in [0.15, 0.2) is 36.4 Å². The van der Waals surface area contributed by atoms with Crippen molar-refractivity contribution in [3.05, 3.63) is 46.8 Å². The number of hydrogen-bond donors (Lipinski definition) is 0. The molecule has 124 valence electrons. The molecular weight excluding hydrogens is 302 g/mol. The molecule has 0 bridgehead atoms. The van der Waals surface area contributed by atoms with Gasteiger partial charge in [-0.2, -0.15) is 0 Å². The van der Waals surface area contributed by atoms with Gasteiger partial charge in [-0.1, -0.05) is 38.1 Å². The molecule has 3 heteroatoms. The summed E-state index contributed by atoms with van der Waals surface area (Å²) in [5.74, 6) is 0.904. The monoisotopic (exact) mass is 329 g/mol. The predicted molar refractivity (Wildman–Crippen MR) is 100 cm³/mol. The number of carbonyl (C=O) groups is 1. The summed E-state index contributed by atoms with van der Waals surface area (Å²) in [4.78, 5) is 16.4. The smallest absolute Gasteiger partial charge is 0.159 e. The zero-order valence-electron chi connectivity index (χ0n) is 14.6. The molecule has 0 aliphatic rings. The Morgan fingerprint density at radius 3 is 2.43 bits per heavy atom. The van der Waals surface area contributed by atoms with Gasteiger partial charge in [0.15, 0.2) is 5.78 Å². The van der Waals surface area contributed by atoms with Crippen molar-refractivity contribution in [2.45, 2.75) is 40.2 Å². The highest BCUT2D eigenvalue weighted by molar-refractivity contribution is 7.15. The van der Waals surface area contributed by atoms with Crippen molar-refractivity contribution < 1.29 is 4.79 Å². The predicted octanol–water partition coefficient (Wildman–Crippen LogP) is 5.49. The molecule has 0 spiro atoms. The van der Waals surface area contributed by atoms with Gasteiger partial charge in [0.1, 0.15) is 0 Å². The van der Waals surface area contributed by atoms with Crippen molar-refractivity contribution in [3.63, 3.8) is 0 Å². The average Bonchev–Trinajstić information content (AvgIpc) is 2.95. The highest BCUT2D eigenvalue weighted by atomic mass is 32.1. The molecule has 1 heterocycles. The fourth-order valence-corrected chi connectivity index (χ4v) is 3.70. The normalized spacial score (nSPS) is 11.4. The first-order valence-electron chi connectivity index (χ1n) is 8.34. The Morgan fingerprint density at radius 2 is 1.83 bits per heavy atom. The summed E-state index contributed by atoms with van der Waals surface area (Å²) in [6.45, 7) is 8.33. The van der Waals surface area contributed by atoms with Gasteiger partial charge in [0, 0.05) is 21.9 Å². The van der Waals surface area contributed by atoms with Crippen LogP contribution in [-0.4, -0.2) is 24.3 Å². The Balaban J connectivity index is 1.93. The summed E-state index contributed by atoms with van der Waals surface area (Å²) in [7, 11) is 2.20. The molecule has 2 rings (SSSR count). The van der Waals surface area contributed by atoms with Gasteiger partial charge in [-0.15, -0.1) is 11.3 Å². The van der Waals surface area contributed by atoms with E-state index in [1.165, 1.54) is 28.2 Å². The molecule has 0 aliphatic carbocycles. The van der Waals surface area contributed by atoms with Crippen LogP contribution in [0.5, 0.6) is 0 Å². The second kappa shape index (κ2) is 8.42. The van der Waals surface area contributed by atoms with Crippen molar-refractivity contribution >= 4 is 17.1 Å². The van der Waals surface area contributed by atoms with Crippen molar-refractivity contribution in [2.24, 2.45) is 5.92 Å². The lowest BCUT2D eigenvalue weighted by atomic mass is 10.1. The topological polar surface area (TPSA) is 20.3 Å². The van der Waals surface area contributed by atoms with Gasteiger partial charge in [0.2, 0.25) is 0 Å². The summed E-state index contributed by atoms with van der Waals surface area (Å²) in [6.07, 6.45) is 2.56. The Labute approximate surface area is 144 Å². The zero-order chi connectivity index (χ0) is 16.8. The molecule has 0 aliphatic heterocycles. The van der Waals surface area contributed by atoms with Crippen LogP contribution in [0.1, 0.15) is 48.8 Å². The molecule has 0 saturated heterocycles. The minimum Gasteiger partial charge on any atom is -0.301 e. The maximum absolute atomic E-state index is 11.3. The number of hydrogen-bond acceptors (Lipinski definition) is 3. The fraction of sp³-hybridized carbons (Fsp3) is 0.450. The highest BCUT2D eigenvalue weighted by Gasteiger charge is 2.07. The number of ketones is 1. The molecule has 1 aromatic carbocycles. The number of Topliss-reactive ketones (excluding diaryl/α,β-unsaturated/α-hetero) is 1. The molecule has 0 fully saturated rings. The fourth-order valence-electron chi connectivity index (χ4n) is 2.60. The first-order chi connectivity index (χ1) is 11.0. The minimum atomic E-state index is 0.117. The molecule has 0 atom stereocenters. The third kappa shape index (κ3) is 5.60. The van der Waals surface area contributed by atoms with Crippen LogP contribution in [0, 0.1) is 5.92 Å². The summed E-state index contributed by atoms with van der Waals surface area (Å²) in [6, 6.07) is 12.3. The van der Waals surface area contributed by atoms with E-state index < -0.39 is 0 Å². The number of carbonyl (C=O) groups excluding carboxylic acids is 1. The molecule has 2 aromatic rings.